The zero-order chi connectivity index (χ0) is 15.9. The summed E-state index contributed by atoms with van der Waals surface area (Å²) in [5, 5.41) is 9.38. The molecule has 1 amide bonds. The average Bonchev–Trinajstić information content (AvgIpc) is 3.31. The number of halogens is 3. The fourth-order valence-electron chi connectivity index (χ4n) is 3.06. The Balaban J connectivity index is 1.69. The van der Waals surface area contributed by atoms with E-state index in [1.54, 1.807) is 6.07 Å². The summed E-state index contributed by atoms with van der Waals surface area (Å²) in [7, 11) is 0. The lowest BCUT2D eigenvalue weighted by Crippen LogP contribution is -2.38. The number of hydrogen-bond donors (Lipinski definition) is 1. The molecule has 0 spiro atoms. The number of phenols is 1. The number of carbonyl (C=O) groups excluding carboxylic acids is 1. The Morgan fingerprint density at radius 1 is 1.14 bits per heavy atom. The molecule has 1 aromatic carbocycles. The van der Waals surface area contributed by atoms with Gasteiger partial charge in [0.15, 0.2) is 0 Å². The Labute approximate surface area is 126 Å². The lowest BCUT2D eigenvalue weighted by atomic mass is 9.88. The first kappa shape index (κ1) is 15.2. The highest BCUT2D eigenvalue weighted by Gasteiger charge is 2.37. The van der Waals surface area contributed by atoms with Crippen LogP contribution in [0.15, 0.2) is 18.2 Å². The van der Waals surface area contributed by atoms with Crippen molar-refractivity contribution in [2.45, 2.75) is 37.8 Å². The molecule has 0 radical (unpaired) electrons. The molecule has 1 aliphatic heterocycles. The second-order valence-corrected chi connectivity index (χ2v) is 6.15. The second-order valence-electron chi connectivity index (χ2n) is 6.15. The van der Waals surface area contributed by atoms with E-state index in [1.165, 1.54) is 0 Å². The lowest BCUT2D eigenvalue weighted by molar-refractivity contribution is -0.138. The van der Waals surface area contributed by atoms with Gasteiger partial charge in [-0.05, 0) is 49.3 Å². The second kappa shape index (κ2) is 5.48. The molecule has 1 saturated heterocycles. The van der Waals surface area contributed by atoms with Crippen LogP contribution < -0.4 is 0 Å². The van der Waals surface area contributed by atoms with Gasteiger partial charge in [0.1, 0.15) is 5.75 Å². The number of alkyl halides is 3. The third-order valence-corrected chi connectivity index (χ3v) is 4.53. The van der Waals surface area contributed by atoms with Crippen molar-refractivity contribution in [1.29, 1.82) is 0 Å². The zero-order valence-corrected chi connectivity index (χ0v) is 12.1. The first-order valence-electron chi connectivity index (χ1n) is 7.55. The molecule has 0 unspecified atom stereocenters. The van der Waals surface area contributed by atoms with Crippen LogP contribution in [0.3, 0.4) is 0 Å². The first-order chi connectivity index (χ1) is 10.4. The number of hydrogen-bond acceptors (Lipinski definition) is 2. The number of amides is 1. The van der Waals surface area contributed by atoms with E-state index >= 15 is 0 Å². The van der Waals surface area contributed by atoms with Gasteiger partial charge in [-0.15, -0.1) is 0 Å². The Kier molecular flexibility index (Phi) is 3.78. The molecule has 0 aromatic heterocycles. The van der Waals surface area contributed by atoms with Crippen LogP contribution in [0.4, 0.5) is 13.2 Å². The van der Waals surface area contributed by atoms with Gasteiger partial charge < -0.3 is 10.0 Å². The van der Waals surface area contributed by atoms with Crippen LogP contribution in [-0.2, 0) is 11.0 Å². The average molecular weight is 313 g/mol. The fourth-order valence-corrected chi connectivity index (χ4v) is 3.06. The minimum absolute atomic E-state index is 0.00459. The summed E-state index contributed by atoms with van der Waals surface area (Å²) in [5.41, 5.74) is -0.398. The highest BCUT2D eigenvalue weighted by Crippen LogP contribution is 2.39. The minimum Gasteiger partial charge on any atom is -0.507 e. The van der Waals surface area contributed by atoms with Gasteiger partial charge in [0.25, 0.3) is 0 Å². The SMILES string of the molecule is O=C(C1CC1)N1CCC(c2ccc(O)c(C(F)(F)F)c2)CC1. The largest absolute Gasteiger partial charge is 0.507 e. The number of aromatic hydroxyl groups is 1. The van der Waals surface area contributed by atoms with Gasteiger partial charge >= 0.3 is 6.18 Å². The molecule has 1 N–H and O–H groups in total. The first-order valence-corrected chi connectivity index (χ1v) is 7.55. The van der Waals surface area contributed by atoms with E-state index in [-0.39, 0.29) is 17.7 Å². The Morgan fingerprint density at radius 3 is 2.32 bits per heavy atom. The number of rotatable bonds is 2. The number of benzene rings is 1. The summed E-state index contributed by atoms with van der Waals surface area (Å²) < 4.78 is 38.5. The van der Waals surface area contributed by atoms with Crippen molar-refractivity contribution < 1.29 is 23.1 Å². The van der Waals surface area contributed by atoms with Crippen molar-refractivity contribution in [2.75, 3.05) is 13.1 Å². The van der Waals surface area contributed by atoms with Crippen molar-refractivity contribution in [3.05, 3.63) is 29.3 Å². The highest BCUT2D eigenvalue weighted by atomic mass is 19.4. The molecular formula is C16H18F3NO2. The number of nitrogens with zero attached hydrogens (tertiary/aromatic N) is 1. The Hall–Kier alpha value is -1.72. The molecule has 6 heteroatoms. The fraction of sp³-hybridized carbons (Fsp3) is 0.562. The number of likely N-dealkylation sites (tertiary alicyclic amines) is 1. The van der Waals surface area contributed by atoms with E-state index in [1.807, 2.05) is 4.90 Å². The third kappa shape index (κ3) is 3.05. The zero-order valence-electron chi connectivity index (χ0n) is 12.1. The standard InChI is InChI=1S/C16H18F3NO2/c17-16(18,19)13-9-12(3-4-14(13)21)10-5-7-20(8-6-10)15(22)11-1-2-11/h3-4,9-11,21H,1-2,5-8H2. The molecule has 1 aromatic rings. The summed E-state index contributed by atoms with van der Waals surface area (Å²) in [6, 6.07) is 3.70. The molecule has 2 aliphatic rings. The van der Waals surface area contributed by atoms with Gasteiger partial charge in [0, 0.05) is 19.0 Å². The van der Waals surface area contributed by atoms with E-state index in [4.69, 9.17) is 0 Å². The van der Waals surface area contributed by atoms with Crippen LogP contribution in [0.25, 0.3) is 0 Å². The molecule has 3 rings (SSSR count). The van der Waals surface area contributed by atoms with Crippen molar-refractivity contribution in [3.63, 3.8) is 0 Å². The molecule has 0 bridgehead atoms. The predicted octanol–water partition coefficient (Wildman–Crippen LogP) is 3.53. The molecule has 0 atom stereocenters. The summed E-state index contributed by atoms with van der Waals surface area (Å²) >= 11 is 0. The van der Waals surface area contributed by atoms with Gasteiger partial charge in [0.05, 0.1) is 5.56 Å². The molecule has 2 fully saturated rings. The Morgan fingerprint density at radius 2 is 1.77 bits per heavy atom. The summed E-state index contributed by atoms with van der Waals surface area (Å²) in [6.45, 7) is 1.20. The van der Waals surface area contributed by atoms with Crippen LogP contribution in [0.5, 0.6) is 5.75 Å². The predicted molar refractivity (Wildman–Crippen MR) is 74.4 cm³/mol. The Bertz CT molecular complexity index is 573. The van der Waals surface area contributed by atoms with Gasteiger partial charge in [-0.2, -0.15) is 13.2 Å². The van der Waals surface area contributed by atoms with Crippen molar-refractivity contribution in [2.24, 2.45) is 5.92 Å². The molecule has 1 heterocycles. The lowest BCUT2D eigenvalue weighted by Gasteiger charge is -2.32. The molecular weight excluding hydrogens is 295 g/mol. The maximum atomic E-state index is 12.8. The monoisotopic (exact) mass is 313 g/mol. The van der Waals surface area contributed by atoms with Gasteiger partial charge in [-0.1, -0.05) is 6.07 Å². The number of piperidine rings is 1. The van der Waals surface area contributed by atoms with Crippen LogP contribution in [-0.4, -0.2) is 29.0 Å². The molecule has 120 valence electrons. The van der Waals surface area contributed by atoms with Crippen LogP contribution >= 0.6 is 0 Å². The van der Waals surface area contributed by atoms with Gasteiger partial charge in [-0.3, -0.25) is 4.79 Å². The maximum Gasteiger partial charge on any atom is 0.419 e. The van der Waals surface area contributed by atoms with E-state index in [0.717, 1.165) is 25.0 Å². The molecule has 3 nitrogen and oxygen atoms in total. The van der Waals surface area contributed by atoms with Crippen LogP contribution in [0.2, 0.25) is 0 Å². The van der Waals surface area contributed by atoms with E-state index in [9.17, 15) is 23.1 Å². The highest BCUT2D eigenvalue weighted by molar-refractivity contribution is 5.81. The van der Waals surface area contributed by atoms with Crippen molar-refractivity contribution in [1.82, 2.24) is 4.90 Å². The molecule has 1 saturated carbocycles. The molecule has 1 aliphatic carbocycles. The topological polar surface area (TPSA) is 40.5 Å². The third-order valence-electron chi connectivity index (χ3n) is 4.53. The number of carbonyl (C=O) groups is 1. The van der Waals surface area contributed by atoms with E-state index in [2.05, 4.69) is 0 Å². The summed E-state index contributed by atoms with van der Waals surface area (Å²) in [4.78, 5) is 13.8. The van der Waals surface area contributed by atoms with E-state index < -0.39 is 17.5 Å². The van der Waals surface area contributed by atoms with Crippen molar-refractivity contribution >= 4 is 5.91 Å². The normalized spacial score (nSPS) is 20.2. The van der Waals surface area contributed by atoms with Gasteiger partial charge in [-0.25, -0.2) is 0 Å². The summed E-state index contributed by atoms with van der Waals surface area (Å²) in [6.07, 6.45) is -1.29. The maximum absolute atomic E-state index is 12.8. The quantitative estimate of drug-likeness (QED) is 0.907. The van der Waals surface area contributed by atoms with Crippen molar-refractivity contribution in [3.8, 4) is 5.75 Å². The smallest absolute Gasteiger partial charge is 0.419 e. The molecule has 22 heavy (non-hydrogen) atoms. The summed E-state index contributed by atoms with van der Waals surface area (Å²) in [5.74, 6) is -0.357. The minimum atomic E-state index is -4.55. The number of phenolic OH excluding ortho intramolecular Hbond substituents is 1. The van der Waals surface area contributed by atoms with Gasteiger partial charge in [0.2, 0.25) is 5.91 Å². The van der Waals surface area contributed by atoms with Crippen LogP contribution in [0.1, 0.15) is 42.7 Å². The van der Waals surface area contributed by atoms with Crippen LogP contribution in [0, 0.1) is 5.92 Å². The van der Waals surface area contributed by atoms with E-state index in [0.29, 0.717) is 31.5 Å².